The molecule has 1 atom stereocenters. The van der Waals surface area contributed by atoms with Crippen LogP contribution in [0.3, 0.4) is 0 Å². The molecule has 0 saturated carbocycles. The van der Waals surface area contributed by atoms with Gasteiger partial charge in [0.25, 0.3) is 11.8 Å². The first-order chi connectivity index (χ1) is 15.0. The van der Waals surface area contributed by atoms with Gasteiger partial charge in [0.15, 0.2) is 5.54 Å². The minimum Gasteiger partial charge on any atom is -0.378 e. The number of urea groups is 1. The van der Waals surface area contributed by atoms with Gasteiger partial charge in [-0.3, -0.25) is 14.9 Å². The van der Waals surface area contributed by atoms with Gasteiger partial charge >= 0.3 is 6.03 Å². The Balaban J connectivity index is 1.45. The number of ether oxygens (including phenoxy) is 1. The van der Waals surface area contributed by atoms with Crippen molar-refractivity contribution in [3.63, 3.8) is 0 Å². The van der Waals surface area contributed by atoms with Crippen LogP contribution in [0, 0.1) is 0 Å². The van der Waals surface area contributed by atoms with Crippen molar-refractivity contribution in [2.75, 3.05) is 37.7 Å². The topological polar surface area (TPSA) is 91.0 Å². The van der Waals surface area contributed by atoms with Gasteiger partial charge in [-0.1, -0.05) is 29.8 Å². The fourth-order valence-corrected chi connectivity index (χ4v) is 4.60. The van der Waals surface area contributed by atoms with Crippen molar-refractivity contribution in [2.24, 2.45) is 0 Å². The van der Waals surface area contributed by atoms with E-state index in [0.29, 0.717) is 35.9 Å². The third-order valence-electron chi connectivity index (χ3n) is 6.06. The highest BCUT2D eigenvalue weighted by Crippen LogP contribution is 2.33. The summed E-state index contributed by atoms with van der Waals surface area (Å²) in [5.74, 6) is -0.686. The zero-order valence-corrected chi connectivity index (χ0v) is 17.4. The number of benzene rings is 2. The number of imide groups is 1. The smallest absolute Gasteiger partial charge is 0.322 e. The first-order valence-electron chi connectivity index (χ1n) is 10.1. The van der Waals surface area contributed by atoms with Crippen LogP contribution < -0.4 is 15.5 Å². The van der Waals surface area contributed by atoms with Crippen LogP contribution in [0.4, 0.5) is 10.5 Å². The van der Waals surface area contributed by atoms with E-state index in [1.807, 2.05) is 30.3 Å². The quantitative estimate of drug-likeness (QED) is 0.708. The predicted octanol–water partition coefficient (Wildman–Crippen LogP) is 1.87. The minimum absolute atomic E-state index is 0.0204. The molecule has 2 N–H and O–H groups in total. The first-order valence-corrected chi connectivity index (χ1v) is 10.5. The number of hydrogen-bond donors (Lipinski definition) is 2. The highest BCUT2D eigenvalue weighted by Gasteiger charge is 2.50. The molecule has 3 heterocycles. The van der Waals surface area contributed by atoms with Crippen molar-refractivity contribution < 1.29 is 19.1 Å². The highest BCUT2D eigenvalue weighted by atomic mass is 35.5. The lowest BCUT2D eigenvalue weighted by atomic mass is 9.89. The number of halogens is 1. The molecule has 3 aliphatic heterocycles. The second-order valence-corrected chi connectivity index (χ2v) is 8.36. The maximum atomic E-state index is 13.0. The van der Waals surface area contributed by atoms with Crippen LogP contribution in [-0.2, 0) is 21.6 Å². The van der Waals surface area contributed by atoms with E-state index in [4.69, 9.17) is 16.3 Å². The van der Waals surface area contributed by atoms with Gasteiger partial charge in [-0.15, -0.1) is 0 Å². The number of anilines is 1. The second kappa shape index (κ2) is 7.55. The van der Waals surface area contributed by atoms with Crippen LogP contribution in [0.25, 0.3) is 0 Å². The molecule has 31 heavy (non-hydrogen) atoms. The lowest BCUT2D eigenvalue weighted by Gasteiger charge is -2.32. The van der Waals surface area contributed by atoms with E-state index in [0.717, 1.165) is 24.3 Å². The third-order valence-corrected chi connectivity index (χ3v) is 6.29. The van der Waals surface area contributed by atoms with Crippen LogP contribution in [-0.4, -0.2) is 55.6 Å². The summed E-state index contributed by atoms with van der Waals surface area (Å²) < 4.78 is 5.40. The van der Waals surface area contributed by atoms with Gasteiger partial charge in [-0.05, 0) is 35.4 Å². The molecule has 0 spiro atoms. The molecule has 4 amide bonds. The predicted molar refractivity (Wildman–Crippen MR) is 114 cm³/mol. The Kier molecular flexibility index (Phi) is 4.83. The molecule has 0 aliphatic carbocycles. The highest BCUT2D eigenvalue weighted by molar-refractivity contribution is 6.31. The molecule has 160 valence electrons. The molecule has 2 aromatic rings. The van der Waals surface area contributed by atoms with Crippen LogP contribution in [0.15, 0.2) is 42.5 Å². The molecule has 8 nitrogen and oxygen atoms in total. The molecule has 0 aromatic heterocycles. The molecule has 0 bridgehead atoms. The summed E-state index contributed by atoms with van der Waals surface area (Å²) in [6, 6.07) is 12.1. The van der Waals surface area contributed by atoms with Gasteiger partial charge in [0.2, 0.25) is 0 Å². The fraction of sp³-hybridized carbons (Fsp3) is 0.318. The fourth-order valence-electron chi connectivity index (χ4n) is 4.42. The number of morpholine rings is 1. The average Bonchev–Trinajstić information content (AvgIpc) is 3.24. The van der Waals surface area contributed by atoms with Gasteiger partial charge < -0.3 is 19.9 Å². The van der Waals surface area contributed by atoms with Crippen LogP contribution in [0.5, 0.6) is 0 Å². The van der Waals surface area contributed by atoms with Gasteiger partial charge in [0, 0.05) is 35.9 Å². The van der Waals surface area contributed by atoms with Gasteiger partial charge in [-0.25, -0.2) is 4.79 Å². The summed E-state index contributed by atoms with van der Waals surface area (Å²) in [6.07, 6.45) is 0. The van der Waals surface area contributed by atoms with Gasteiger partial charge in [-0.2, -0.15) is 0 Å². The molecule has 0 unspecified atom stereocenters. The van der Waals surface area contributed by atoms with Crippen LogP contribution in [0.2, 0.25) is 5.02 Å². The Morgan fingerprint density at radius 2 is 1.77 bits per heavy atom. The van der Waals surface area contributed by atoms with Crippen molar-refractivity contribution in [3.8, 4) is 0 Å². The number of fused-ring (bicyclic) bond motifs is 1. The average molecular weight is 441 g/mol. The van der Waals surface area contributed by atoms with Gasteiger partial charge in [0.05, 0.1) is 19.8 Å². The van der Waals surface area contributed by atoms with E-state index in [1.54, 1.807) is 17.0 Å². The largest absolute Gasteiger partial charge is 0.378 e. The number of carbonyl (C=O) groups is 3. The zero-order valence-electron chi connectivity index (χ0n) is 16.7. The van der Waals surface area contributed by atoms with E-state index >= 15 is 0 Å². The monoisotopic (exact) mass is 440 g/mol. The number of nitrogens with one attached hydrogen (secondary N) is 2. The van der Waals surface area contributed by atoms with Crippen LogP contribution in [0.1, 0.15) is 21.5 Å². The van der Waals surface area contributed by atoms with E-state index in [-0.39, 0.29) is 12.5 Å². The molecule has 5 rings (SSSR count). The molecule has 2 saturated heterocycles. The molecular weight excluding hydrogens is 420 g/mol. The van der Waals surface area contributed by atoms with E-state index in [2.05, 4.69) is 15.5 Å². The SMILES string of the molecule is O=C1NC(=O)[C@](CN2Cc3ccc(Cl)cc3C2=O)(c2ccc(N3CCOCC3)cc2)N1. The van der Waals surface area contributed by atoms with Crippen LogP contribution >= 0.6 is 11.6 Å². The Bertz CT molecular complexity index is 1070. The maximum Gasteiger partial charge on any atom is 0.322 e. The summed E-state index contributed by atoms with van der Waals surface area (Å²) in [5, 5.41) is 5.57. The maximum absolute atomic E-state index is 13.0. The molecule has 3 aliphatic rings. The van der Waals surface area contributed by atoms with Crippen molar-refractivity contribution in [1.82, 2.24) is 15.5 Å². The molecule has 2 aromatic carbocycles. The van der Waals surface area contributed by atoms with Gasteiger partial charge in [0.1, 0.15) is 0 Å². The van der Waals surface area contributed by atoms with Crippen molar-refractivity contribution in [3.05, 3.63) is 64.2 Å². The molecule has 0 radical (unpaired) electrons. The molecule has 2 fully saturated rings. The zero-order chi connectivity index (χ0) is 21.6. The van der Waals surface area contributed by atoms with Crippen molar-refractivity contribution in [2.45, 2.75) is 12.1 Å². The Hall–Kier alpha value is -3.10. The second-order valence-electron chi connectivity index (χ2n) is 7.92. The minimum atomic E-state index is -1.36. The summed E-state index contributed by atoms with van der Waals surface area (Å²) >= 11 is 6.05. The number of hydrogen-bond acceptors (Lipinski definition) is 5. The Morgan fingerprint density at radius 3 is 2.45 bits per heavy atom. The lowest BCUT2D eigenvalue weighted by Crippen LogP contribution is -2.52. The number of nitrogens with zero attached hydrogens (tertiary/aromatic N) is 2. The summed E-state index contributed by atoms with van der Waals surface area (Å²) in [5.41, 5.74) is 1.65. The number of carbonyl (C=O) groups excluding carboxylic acids is 3. The summed E-state index contributed by atoms with van der Waals surface area (Å²) in [6.45, 7) is 3.31. The molecule has 9 heteroatoms. The standard InChI is InChI=1S/C22H21ClN4O4/c23-16-4-1-14-12-27(19(28)18(14)11-16)13-22(20(29)24-21(30)25-22)15-2-5-17(6-3-15)26-7-9-31-10-8-26/h1-6,11H,7-10,12-13H2,(H2,24,25,29,30)/t22-/m0/s1. The molecular formula is C22H21ClN4O4. The number of rotatable bonds is 4. The van der Waals surface area contributed by atoms with E-state index in [9.17, 15) is 14.4 Å². The summed E-state index contributed by atoms with van der Waals surface area (Å²) in [4.78, 5) is 41.8. The Morgan fingerprint density at radius 1 is 1.03 bits per heavy atom. The van der Waals surface area contributed by atoms with E-state index in [1.165, 1.54) is 0 Å². The lowest BCUT2D eigenvalue weighted by molar-refractivity contribution is -0.124. The normalized spacial score (nSPS) is 23.1. The Labute approximate surface area is 184 Å². The first kappa shape index (κ1) is 19.8. The third kappa shape index (κ3) is 3.41. The van der Waals surface area contributed by atoms with E-state index < -0.39 is 17.5 Å². The van der Waals surface area contributed by atoms with Crippen molar-refractivity contribution in [1.29, 1.82) is 0 Å². The summed E-state index contributed by atoms with van der Waals surface area (Å²) in [7, 11) is 0. The number of amides is 4. The van der Waals surface area contributed by atoms with Crippen molar-refractivity contribution >= 4 is 35.1 Å².